The van der Waals surface area contributed by atoms with Crippen LogP contribution >= 0.6 is 0 Å². The number of rotatable bonds is 6. The number of nitrogens with two attached hydrogens (primary N) is 1. The number of para-hydroxylation sites is 2. The van der Waals surface area contributed by atoms with E-state index in [1.165, 1.54) is 0 Å². The van der Waals surface area contributed by atoms with E-state index < -0.39 is 0 Å². The number of primary amides is 1. The highest BCUT2D eigenvalue weighted by atomic mass is 16.2. The van der Waals surface area contributed by atoms with E-state index in [0.717, 1.165) is 52.8 Å². The third-order valence-corrected chi connectivity index (χ3v) is 6.36. The van der Waals surface area contributed by atoms with Crippen molar-refractivity contribution >= 4 is 28.4 Å². The highest BCUT2D eigenvalue weighted by Gasteiger charge is 2.29. The molecule has 1 aromatic heterocycles. The van der Waals surface area contributed by atoms with Crippen LogP contribution in [0, 0.1) is 0 Å². The lowest BCUT2D eigenvalue weighted by Gasteiger charge is -2.23. The number of amides is 2. The van der Waals surface area contributed by atoms with Crippen LogP contribution in [0.3, 0.4) is 0 Å². The van der Waals surface area contributed by atoms with Crippen molar-refractivity contribution in [3.63, 3.8) is 0 Å². The van der Waals surface area contributed by atoms with Crippen LogP contribution in [-0.4, -0.2) is 34.3 Å². The summed E-state index contributed by atoms with van der Waals surface area (Å²) in [7, 11) is 0. The summed E-state index contributed by atoms with van der Waals surface area (Å²) >= 11 is 0. The molecular formula is C28H26N4O2. The number of nitrogens with one attached hydrogen (secondary N) is 1. The third-order valence-electron chi connectivity index (χ3n) is 6.36. The lowest BCUT2D eigenvalue weighted by atomic mass is 10.0. The minimum Gasteiger partial charge on any atom is -0.368 e. The topological polar surface area (TPSA) is 88.3 Å². The number of nitrogens with zero attached hydrogens (tertiary/aromatic N) is 2. The summed E-state index contributed by atoms with van der Waals surface area (Å²) in [4.78, 5) is 32.2. The molecular weight excluding hydrogens is 424 g/mol. The largest absolute Gasteiger partial charge is 0.368 e. The van der Waals surface area contributed by atoms with Gasteiger partial charge in [-0.05, 0) is 43.1 Å². The first-order valence-corrected chi connectivity index (χ1v) is 11.5. The number of aromatic nitrogens is 1. The zero-order valence-corrected chi connectivity index (χ0v) is 18.8. The molecule has 6 nitrogen and oxygen atoms in total. The predicted octanol–water partition coefficient (Wildman–Crippen LogP) is 4.60. The Morgan fingerprint density at radius 3 is 2.53 bits per heavy atom. The van der Waals surface area contributed by atoms with E-state index in [0.29, 0.717) is 12.1 Å². The Morgan fingerprint density at radius 2 is 1.71 bits per heavy atom. The molecule has 1 saturated heterocycles. The third kappa shape index (κ3) is 4.40. The minimum absolute atomic E-state index is 0.198. The molecule has 6 heteroatoms. The van der Waals surface area contributed by atoms with Crippen molar-refractivity contribution in [2.24, 2.45) is 5.73 Å². The maximum absolute atomic E-state index is 13.5. The van der Waals surface area contributed by atoms with Crippen LogP contribution in [-0.2, 0) is 11.3 Å². The van der Waals surface area contributed by atoms with Gasteiger partial charge in [0.05, 0.1) is 22.8 Å². The fourth-order valence-electron chi connectivity index (χ4n) is 4.65. The molecule has 3 aromatic carbocycles. The fraction of sp³-hybridized carbons (Fsp3) is 0.179. The van der Waals surface area contributed by atoms with E-state index in [1.807, 2.05) is 84.9 Å². The van der Waals surface area contributed by atoms with Crippen molar-refractivity contribution < 1.29 is 9.59 Å². The summed E-state index contributed by atoms with van der Waals surface area (Å²) in [6.45, 7) is 1.36. The maximum atomic E-state index is 13.5. The Morgan fingerprint density at radius 1 is 0.971 bits per heavy atom. The van der Waals surface area contributed by atoms with Gasteiger partial charge in [0, 0.05) is 23.2 Å². The Labute approximate surface area is 198 Å². The molecule has 1 aliphatic rings. The zero-order valence-electron chi connectivity index (χ0n) is 18.8. The van der Waals surface area contributed by atoms with Crippen molar-refractivity contribution in [3.05, 3.63) is 96.1 Å². The van der Waals surface area contributed by atoms with E-state index in [4.69, 9.17) is 10.7 Å². The number of likely N-dealkylation sites (tertiary alicyclic amines) is 1. The fourth-order valence-corrected chi connectivity index (χ4v) is 4.65. The number of benzene rings is 3. The van der Waals surface area contributed by atoms with Crippen molar-refractivity contribution in [2.75, 3.05) is 11.9 Å². The van der Waals surface area contributed by atoms with Gasteiger partial charge in [0.2, 0.25) is 5.91 Å². The molecule has 0 saturated carbocycles. The summed E-state index contributed by atoms with van der Waals surface area (Å²) in [6, 6.07) is 26.8. The maximum Gasteiger partial charge on any atom is 0.256 e. The second-order valence-corrected chi connectivity index (χ2v) is 8.58. The lowest BCUT2D eigenvalue weighted by Crippen LogP contribution is -2.39. The molecule has 5 rings (SSSR count). The number of fused-ring (bicyclic) bond motifs is 1. The zero-order chi connectivity index (χ0) is 23.5. The molecule has 1 aliphatic heterocycles. The van der Waals surface area contributed by atoms with E-state index >= 15 is 0 Å². The van der Waals surface area contributed by atoms with Crippen LogP contribution in [0.15, 0.2) is 84.9 Å². The van der Waals surface area contributed by atoms with Gasteiger partial charge < -0.3 is 11.1 Å². The van der Waals surface area contributed by atoms with Gasteiger partial charge in [-0.1, -0.05) is 66.7 Å². The monoisotopic (exact) mass is 450 g/mol. The first kappa shape index (κ1) is 21.8. The quantitative estimate of drug-likeness (QED) is 0.449. The highest BCUT2D eigenvalue weighted by Crippen LogP contribution is 2.27. The molecule has 0 radical (unpaired) electrons. The van der Waals surface area contributed by atoms with Crippen LogP contribution < -0.4 is 11.1 Å². The molecule has 4 aromatic rings. The number of hydrogen-bond acceptors (Lipinski definition) is 4. The average Bonchev–Trinajstić information content (AvgIpc) is 3.33. The van der Waals surface area contributed by atoms with E-state index in [2.05, 4.69) is 10.2 Å². The number of pyridine rings is 1. The molecule has 1 unspecified atom stereocenters. The highest BCUT2D eigenvalue weighted by molar-refractivity contribution is 6.13. The lowest BCUT2D eigenvalue weighted by molar-refractivity contribution is -0.122. The van der Waals surface area contributed by atoms with Crippen molar-refractivity contribution in [1.82, 2.24) is 9.88 Å². The second-order valence-electron chi connectivity index (χ2n) is 8.58. The van der Waals surface area contributed by atoms with Crippen LogP contribution in [0.5, 0.6) is 0 Å². The molecule has 3 N–H and O–H groups in total. The van der Waals surface area contributed by atoms with Gasteiger partial charge in [0.1, 0.15) is 0 Å². The predicted molar refractivity (Wildman–Crippen MR) is 134 cm³/mol. The van der Waals surface area contributed by atoms with Crippen LogP contribution in [0.1, 0.15) is 28.8 Å². The molecule has 1 fully saturated rings. The van der Waals surface area contributed by atoms with Gasteiger partial charge in [-0.3, -0.25) is 14.5 Å². The van der Waals surface area contributed by atoms with Crippen LogP contribution in [0.25, 0.3) is 22.2 Å². The molecule has 0 bridgehead atoms. The van der Waals surface area contributed by atoms with Gasteiger partial charge >= 0.3 is 0 Å². The smallest absolute Gasteiger partial charge is 0.256 e. The number of carbonyl (C=O) groups is 2. The summed E-state index contributed by atoms with van der Waals surface area (Å²) in [6.07, 6.45) is 1.71. The normalized spacial score (nSPS) is 15.9. The first-order valence-electron chi connectivity index (χ1n) is 11.5. The van der Waals surface area contributed by atoms with E-state index in [-0.39, 0.29) is 17.9 Å². The standard InChI is InChI=1S/C28H26N4O2/c29-27(33)26-15-8-16-32(26)18-20-11-4-6-13-23(20)31-28(34)22-17-25(19-9-2-1-3-10-19)30-24-14-7-5-12-21(22)24/h1-7,9-14,17,26H,8,15-16,18H2,(H2,29,33)(H,31,34). The SMILES string of the molecule is NC(=O)C1CCCN1Cc1ccccc1NC(=O)c1cc(-c2ccccc2)nc2ccccc12. The van der Waals surface area contributed by atoms with Gasteiger partial charge in [0.15, 0.2) is 0 Å². The van der Waals surface area contributed by atoms with Crippen molar-refractivity contribution in [1.29, 1.82) is 0 Å². The van der Waals surface area contributed by atoms with Gasteiger partial charge in [-0.2, -0.15) is 0 Å². The Kier molecular flexibility index (Phi) is 6.06. The summed E-state index contributed by atoms with van der Waals surface area (Å²) < 4.78 is 0. The Balaban J connectivity index is 1.48. The Hall–Kier alpha value is -4.03. The van der Waals surface area contributed by atoms with Crippen molar-refractivity contribution in [2.45, 2.75) is 25.4 Å². The van der Waals surface area contributed by atoms with Crippen LogP contribution in [0.2, 0.25) is 0 Å². The van der Waals surface area contributed by atoms with Gasteiger partial charge in [-0.15, -0.1) is 0 Å². The molecule has 2 heterocycles. The van der Waals surface area contributed by atoms with Gasteiger partial charge in [-0.25, -0.2) is 4.98 Å². The molecule has 0 aliphatic carbocycles. The number of anilines is 1. The second kappa shape index (κ2) is 9.45. The number of hydrogen-bond donors (Lipinski definition) is 2. The molecule has 34 heavy (non-hydrogen) atoms. The summed E-state index contributed by atoms with van der Waals surface area (Å²) in [5.41, 5.74) is 10.3. The average molecular weight is 451 g/mol. The molecule has 170 valence electrons. The summed E-state index contributed by atoms with van der Waals surface area (Å²) in [5.74, 6) is -0.494. The molecule has 2 amide bonds. The molecule has 1 atom stereocenters. The van der Waals surface area contributed by atoms with E-state index in [9.17, 15) is 9.59 Å². The summed E-state index contributed by atoms with van der Waals surface area (Å²) in [5, 5.41) is 3.90. The first-order chi connectivity index (χ1) is 16.6. The Bertz CT molecular complexity index is 1350. The van der Waals surface area contributed by atoms with E-state index in [1.54, 1.807) is 0 Å². The van der Waals surface area contributed by atoms with Crippen LogP contribution in [0.4, 0.5) is 5.69 Å². The number of carbonyl (C=O) groups excluding carboxylic acids is 2. The van der Waals surface area contributed by atoms with Gasteiger partial charge in [0.25, 0.3) is 5.91 Å². The van der Waals surface area contributed by atoms with Crippen molar-refractivity contribution in [3.8, 4) is 11.3 Å². The minimum atomic E-state index is -0.296. The molecule has 0 spiro atoms.